The molecule has 0 aromatic heterocycles. The minimum atomic E-state index is -1.45. The van der Waals surface area contributed by atoms with Crippen molar-refractivity contribution in [3.8, 4) is 0 Å². The Morgan fingerprint density at radius 2 is 1.14 bits per heavy atom. The molecule has 0 atom stereocenters. The highest BCUT2D eigenvalue weighted by Crippen LogP contribution is 1.79. The summed E-state index contributed by atoms with van der Waals surface area (Å²) < 4.78 is 20.2. The zero-order valence-corrected chi connectivity index (χ0v) is 12.7. The van der Waals surface area contributed by atoms with Gasteiger partial charge in [0, 0.05) is 6.42 Å². The van der Waals surface area contributed by atoms with Crippen LogP contribution in [0.1, 0.15) is 13.3 Å². The van der Waals surface area contributed by atoms with Gasteiger partial charge in [-0.25, -0.2) is 14.4 Å². The van der Waals surface area contributed by atoms with Gasteiger partial charge in [0.25, 0.3) is 0 Å². The summed E-state index contributed by atoms with van der Waals surface area (Å²) in [6, 6.07) is 0. The van der Waals surface area contributed by atoms with Crippen molar-refractivity contribution >= 4 is 24.4 Å². The Kier molecular flexibility index (Phi) is 20.2. The molecule has 130 valence electrons. The fourth-order valence-corrected chi connectivity index (χ4v) is 0.486. The summed E-state index contributed by atoms with van der Waals surface area (Å²) in [5, 5.41) is 15.7. The number of ether oxygens (including phenoxy) is 5. The van der Waals surface area contributed by atoms with Crippen molar-refractivity contribution in [2.24, 2.45) is 0 Å². The summed E-state index contributed by atoms with van der Waals surface area (Å²) in [6.45, 7) is 1.20. The van der Waals surface area contributed by atoms with Crippen LogP contribution < -0.4 is 0 Å². The first-order valence-electron chi connectivity index (χ1n) is 5.65. The van der Waals surface area contributed by atoms with E-state index in [0.717, 1.165) is 0 Å². The molecule has 0 aromatic carbocycles. The second-order valence-electron chi connectivity index (χ2n) is 2.82. The Labute approximate surface area is 126 Å². The molecule has 0 saturated carbocycles. The molecule has 0 amide bonds. The largest absolute Gasteiger partial charge is 0.507 e. The number of esters is 1. The van der Waals surface area contributed by atoms with Gasteiger partial charge in [-0.05, 0) is 0 Å². The average Bonchev–Trinajstić information content (AvgIpc) is 2.50. The van der Waals surface area contributed by atoms with Crippen LogP contribution in [0.4, 0.5) is 14.4 Å². The molecule has 0 aliphatic carbocycles. The van der Waals surface area contributed by atoms with Crippen molar-refractivity contribution in [3.63, 3.8) is 0 Å². The number of rotatable bonds is 4. The molecular weight excluding hydrogens is 308 g/mol. The van der Waals surface area contributed by atoms with E-state index in [2.05, 4.69) is 23.7 Å². The van der Waals surface area contributed by atoms with Crippen molar-refractivity contribution < 1.29 is 53.1 Å². The topological polar surface area (TPSA) is 155 Å². The molecule has 11 nitrogen and oxygen atoms in total. The second-order valence-corrected chi connectivity index (χ2v) is 2.82. The van der Waals surface area contributed by atoms with Crippen LogP contribution in [0.15, 0.2) is 0 Å². The fourth-order valence-electron chi connectivity index (χ4n) is 0.486. The van der Waals surface area contributed by atoms with E-state index in [1.807, 2.05) is 0 Å². The fraction of sp³-hybridized carbons (Fsp3) is 0.636. The molecule has 0 rings (SSSR count). The molecule has 0 fully saturated rings. The van der Waals surface area contributed by atoms with Crippen LogP contribution in [0.25, 0.3) is 0 Å². The van der Waals surface area contributed by atoms with Gasteiger partial charge in [-0.3, -0.25) is 4.79 Å². The van der Waals surface area contributed by atoms with Crippen molar-refractivity contribution in [3.05, 3.63) is 0 Å². The zero-order valence-electron chi connectivity index (χ0n) is 12.7. The number of carboxylic acid groups (broad SMARTS) is 2. The van der Waals surface area contributed by atoms with E-state index in [-0.39, 0.29) is 19.2 Å². The van der Waals surface area contributed by atoms with Crippen LogP contribution in [0.3, 0.4) is 0 Å². The Hall–Kier alpha value is -2.72. The molecule has 22 heavy (non-hydrogen) atoms. The molecule has 2 N–H and O–H groups in total. The minimum absolute atomic E-state index is 0.157. The maximum Gasteiger partial charge on any atom is 0.507 e. The molecule has 0 heterocycles. The molecule has 0 saturated heterocycles. The molecule has 0 aromatic rings. The van der Waals surface area contributed by atoms with Gasteiger partial charge in [0.1, 0.15) is 13.2 Å². The van der Waals surface area contributed by atoms with Crippen LogP contribution in [0.2, 0.25) is 0 Å². The summed E-state index contributed by atoms with van der Waals surface area (Å²) in [5.41, 5.74) is 0. The van der Waals surface area contributed by atoms with Gasteiger partial charge in [0.2, 0.25) is 0 Å². The lowest BCUT2D eigenvalue weighted by atomic mass is 10.5. The Morgan fingerprint density at radius 1 is 0.773 bits per heavy atom. The van der Waals surface area contributed by atoms with Gasteiger partial charge in [-0.15, -0.1) is 0 Å². The van der Waals surface area contributed by atoms with Gasteiger partial charge in [0.15, 0.2) is 0 Å². The lowest BCUT2D eigenvalue weighted by Crippen LogP contribution is -2.10. The molecular formula is C11H20O11. The van der Waals surface area contributed by atoms with Gasteiger partial charge in [-0.2, -0.15) is 0 Å². The highest BCUT2D eigenvalue weighted by atomic mass is 16.7. The second kappa shape index (κ2) is 18.3. The average molecular weight is 328 g/mol. The summed E-state index contributed by atoms with van der Waals surface area (Å²) >= 11 is 0. The lowest BCUT2D eigenvalue weighted by Gasteiger charge is -1.98. The summed E-state index contributed by atoms with van der Waals surface area (Å²) in [5.74, 6) is -0.157. The monoisotopic (exact) mass is 328 g/mol. The van der Waals surface area contributed by atoms with Crippen molar-refractivity contribution in [2.45, 2.75) is 13.3 Å². The predicted molar refractivity (Wildman–Crippen MR) is 69.7 cm³/mol. The van der Waals surface area contributed by atoms with Crippen LogP contribution in [-0.4, -0.2) is 69.2 Å². The summed E-state index contributed by atoms with van der Waals surface area (Å²) in [4.78, 5) is 38.9. The van der Waals surface area contributed by atoms with Crippen LogP contribution in [0.5, 0.6) is 0 Å². The van der Waals surface area contributed by atoms with Crippen LogP contribution >= 0.6 is 0 Å². The molecule has 11 heteroatoms. The maximum absolute atomic E-state index is 9.96. The number of carbonyl (C=O) groups excluding carboxylic acids is 2. The van der Waals surface area contributed by atoms with Crippen LogP contribution in [-0.2, 0) is 28.5 Å². The highest BCUT2D eigenvalue weighted by Gasteiger charge is 1.98. The SMILES string of the molecule is CCC(=O)OC.COC(=O)OC.O=C(O)OCCOC(=O)O. The third kappa shape index (κ3) is 30.4. The quantitative estimate of drug-likeness (QED) is 0.436. The van der Waals surface area contributed by atoms with Crippen molar-refractivity contribution in [1.29, 1.82) is 0 Å². The number of methoxy groups -OCH3 is 3. The first-order valence-corrected chi connectivity index (χ1v) is 5.65. The van der Waals surface area contributed by atoms with E-state index >= 15 is 0 Å². The molecule has 0 bridgehead atoms. The van der Waals surface area contributed by atoms with E-state index in [0.29, 0.717) is 6.42 Å². The van der Waals surface area contributed by atoms with Gasteiger partial charge < -0.3 is 33.9 Å². The predicted octanol–water partition coefficient (Wildman–Crippen LogP) is 1.34. The first kappa shape index (κ1) is 24.3. The number of hydrogen-bond donors (Lipinski definition) is 2. The smallest absolute Gasteiger partial charge is 0.469 e. The standard InChI is InChI=1S/C4H6O6.C4H8O2.C3H6O3/c5-3(6)9-1-2-10-4(7)8;1-3-4(5)6-2;1-5-3(4)6-2/h1-2H2,(H,5,6)(H,7,8);3H2,1-2H3;1-2H3. The van der Waals surface area contributed by atoms with Gasteiger partial charge in [0.05, 0.1) is 21.3 Å². The van der Waals surface area contributed by atoms with E-state index in [1.54, 1.807) is 6.92 Å². The normalized spacial score (nSPS) is 7.82. The summed E-state index contributed by atoms with van der Waals surface area (Å²) in [7, 11) is 3.89. The number of carbonyl (C=O) groups is 4. The lowest BCUT2D eigenvalue weighted by molar-refractivity contribution is -0.140. The van der Waals surface area contributed by atoms with E-state index in [1.165, 1.54) is 21.3 Å². The summed E-state index contributed by atoms with van der Waals surface area (Å²) in [6.07, 6.45) is -3.09. The highest BCUT2D eigenvalue weighted by molar-refractivity contribution is 5.68. The Bertz CT molecular complexity index is 282. The van der Waals surface area contributed by atoms with Gasteiger partial charge in [-0.1, -0.05) is 6.92 Å². The molecule has 0 unspecified atom stereocenters. The van der Waals surface area contributed by atoms with E-state index < -0.39 is 18.5 Å². The van der Waals surface area contributed by atoms with Crippen molar-refractivity contribution in [1.82, 2.24) is 0 Å². The van der Waals surface area contributed by atoms with Crippen molar-refractivity contribution in [2.75, 3.05) is 34.5 Å². The van der Waals surface area contributed by atoms with E-state index in [9.17, 15) is 19.2 Å². The van der Waals surface area contributed by atoms with Crippen LogP contribution in [0, 0.1) is 0 Å². The minimum Gasteiger partial charge on any atom is -0.469 e. The maximum atomic E-state index is 9.96. The first-order chi connectivity index (χ1) is 10.2. The third-order valence-electron chi connectivity index (χ3n) is 1.38. The van der Waals surface area contributed by atoms with E-state index in [4.69, 9.17) is 10.2 Å². The Morgan fingerprint density at radius 3 is 1.23 bits per heavy atom. The molecule has 0 spiro atoms. The molecule has 0 aliphatic rings. The number of hydrogen-bond acceptors (Lipinski definition) is 9. The molecule has 0 aliphatic heterocycles. The molecule has 0 radical (unpaired) electrons. The zero-order chi connectivity index (χ0) is 18.0. The van der Waals surface area contributed by atoms with Gasteiger partial charge >= 0.3 is 24.4 Å². The Balaban J connectivity index is -0.000000261. The third-order valence-corrected chi connectivity index (χ3v) is 1.38.